The zero-order valence-electron chi connectivity index (χ0n) is 13.9. The number of benzene rings is 1. The van der Waals surface area contributed by atoms with Gasteiger partial charge in [-0.1, -0.05) is 0 Å². The summed E-state index contributed by atoms with van der Waals surface area (Å²) in [5.74, 6) is 2.27. The van der Waals surface area contributed by atoms with E-state index in [-0.39, 0.29) is 18.3 Å². The summed E-state index contributed by atoms with van der Waals surface area (Å²) in [7, 11) is 3.24. The van der Waals surface area contributed by atoms with E-state index in [1.807, 2.05) is 18.2 Å². The normalized spacial score (nSPS) is 14.7. The van der Waals surface area contributed by atoms with Gasteiger partial charge in [-0.3, -0.25) is 4.79 Å². The summed E-state index contributed by atoms with van der Waals surface area (Å²) in [6.45, 7) is 2.64. The fourth-order valence-electron chi connectivity index (χ4n) is 2.79. The van der Waals surface area contributed by atoms with Crippen LogP contribution in [0.2, 0.25) is 0 Å². The van der Waals surface area contributed by atoms with Gasteiger partial charge in [0.2, 0.25) is 5.91 Å². The van der Waals surface area contributed by atoms with E-state index in [1.54, 1.807) is 14.2 Å². The average Bonchev–Trinajstić information content (AvgIpc) is 2.58. The number of hydrogen-bond donors (Lipinski definition) is 2. The number of nitrogens with one attached hydrogen (secondary N) is 2. The fraction of sp³-hybridized carbons (Fsp3) is 0.588. The van der Waals surface area contributed by atoms with E-state index in [9.17, 15) is 4.79 Å². The van der Waals surface area contributed by atoms with Crippen LogP contribution < -0.4 is 20.1 Å². The first-order valence-corrected chi connectivity index (χ1v) is 7.91. The quantitative estimate of drug-likeness (QED) is 0.799. The van der Waals surface area contributed by atoms with E-state index in [4.69, 9.17) is 9.47 Å². The van der Waals surface area contributed by atoms with Crippen molar-refractivity contribution < 1.29 is 14.3 Å². The molecule has 0 aromatic heterocycles. The summed E-state index contributed by atoms with van der Waals surface area (Å²) in [6, 6.07) is 5.63. The molecule has 1 aromatic carbocycles. The van der Waals surface area contributed by atoms with Crippen LogP contribution in [-0.4, -0.2) is 33.2 Å². The van der Waals surface area contributed by atoms with Gasteiger partial charge in [0.25, 0.3) is 0 Å². The summed E-state index contributed by atoms with van der Waals surface area (Å²) in [5.41, 5.74) is 0.957. The van der Waals surface area contributed by atoms with E-state index < -0.39 is 0 Å². The van der Waals surface area contributed by atoms with Crippen LogP contribution in [0.5, 0.6) is 11.5 Å². The molecular weight excluding hydrogens is 316 g/mol. The maximum atomic E-state index is 12.0. The number of hydrogen-bond acceptors (Lipinski definition) is 4. The van der Waals surface area contributed by atoms with Crippen molar-refractivity contribution in [1.29, 1.82) is 0 Å². The van der Waals surface area contributed by atoms with Crippen LogP contribution in [0.3, 0.4) is 0 Å². The van der Waals surface area contributed by atoms with E-state index in [0.717, 1.165) is 36.6 Å². The van der Waals surface area contributed by atoms with E-state index in [0.29, 0.717) is 18.9 Å². The predicted octanol–water partition coefficient (Wildman–Crippen LogP) is 2.52. The lowest BCUT2D eigenvalue weighted by atomic mass is 9.93. The molecule has 1 aromatic rings. The van der Waals surface area contributed by atoms with Gasteiger partial charge in [-0.05, 0) is 50.4 Å². The van der Waals surface area contributed by atoms with Crippen molar-refractivity contribution >= 4 is 18.3 Å². The molecule has 0 spiro atoms. The van der Waals surface area contributed by atoms with Crippen LogP contribution in [0.4, 0.5) is 0 Å². The second-order valence-electron chi connectivity index (χ2n) is 5.69. The summed E-state index contributed by atoms with van der Waals surface area (Å²) in [5, 5.41) is 6.32. The van der Waals surface area contributed by atoms with Gasteiger partial charge in [0, 0.05) is 24.6 Å². The second kappa shape index (κ2) is 10.3. The van der Waals surface area contributed by atoms with Crippen molar-refractivity contribution in [1.82, 2.24) is 10.6 Å². The van der Waals surface area contributed by atoms with Crippen molar-refractivity contribution in [3.63, 3.8) is 0 Å². The van der Waals surface area contributed by atoms with Crippen LogP contribution in [0.15, 0.2) is 18.2 Å². The molecule has 0 bridgehead atoms. The molecule has 1 amide bonds. The third-order valence-corrected chi connectivity index (χ3v) is 4.21. The largest absolute Gasteiger partial charge is 0.497 e. The standard InChI is InChI=1S/C17H26N2O3.ClH/c1-21-15-5-4-14(16(11-15)22-2)12-19-17(20)6-3-13-7-9-18-10-8-13;/h4-5,11,13,18H,3,6-10,12H2,1-2H3,(H,19,20);1H. The Morgan fingerprint density at radius 1 is 1.26 bits per heavy atom. The van der Waals surface area contributed by atoms with Gasteiger partial charge < -0.3 is 20.1 Å². The van der Waals surface area contributed by atoms with Gasteiger partial charge in [-0.15, -0.1) is 12.4 Å². The lowest BCUT2D eigenvalue weighted by Crippen LogP contribution is -2.29. The Labute approximate surface area is 144 Å². The molecule has 6 heteroatoms. The smallest absolute Gasteiger partial charge is 0.220 e. The lowest BCUT2D eigenvalue weighted by molar-refractivity contribution is -0.121. The average molecular weight is 343 g/mol. The number of amides is 1. The Morgan fingerprint density at radius 2 is 2.00 bits per heavy atom. The first-order chi connectivity index (χ1) is 10.7. The molecule has 130 valence electrons. The number of halogens is 1. The van der Waals surface area contributed by atoms with Crippen molar-refractivity contribution in [2.45, 2.75) is 32.2 Å². The lowest BCUT2D eigenvalue weighted by Gasteiger charge is -2.22. The number of carbonyl (C=O) groups is 1. The zero-order chi connectivity index (χ0) is 15.8. The van der Waals surface area contributed by atoms with Crippen molar-refractivity contribution in [3.05, 3.63) is 23.8 Å². The molecule has 2 N–H and O–H groups in total. The highest BCUT2D eigenvalue weighted by atomic mass is 35.5. The Hall–Kier alpha value is -1.46. The minimum absolute atomic E-state index is 0. The molecule has 23 heavy (non-hydrogen) atoms. The number of piperidine rings is 1. The molecule has 5 nitrogen and oxygen atoms in total. The Balaban J connectivity index is 0.00000264. The topological polar surface area (TPSA) is 59.6 Å². The molecule has 0 unspecified atom stereocenters. The van der Waals surface area contributed by atoms with Crippen LogP contribution in [-0.2, 0) is 11.3 Å². The Morgan fingerprint density at radius 3 is 2.65 bits per heavy atom. The van der Waals surface area contributed by atoms with Gasteiger partial charge in [-0.2, -0.15) is 0 Å². The molecule has 0 radical (unpaired) electrons. The van der Waals surface area contributed by atoms with Crippen molar-refractivity contribution in [2.75, 3.05) is 27.3 Å². The Bertz CT molecular complexity index is 491. The highest BCUT2D eigenvalue weighted by molar-refractivity contribution is 5.85. The Kier molecular flexibility index (Phi) is 8.81. The summed E-state index contributed by atoms with van der Waals surface area (Å²) in [4.78, 5) is 12.0. The molecule has 1 aliphatic heterocycles. The monoisotopic (exact) mass is 342 g/mol. The van der Waals surface area contributed by atoms with Gasteiger partial charge in [0.05, 0.1) is 14.2 Å². The minimum atomic E-state index is 0. The summed E-state index contributed by atoms with van der Waals surface area (Å²) in [6.07, 6.45) is 3.94. The molecule has 0 atom stereocenters. The third-order valence-electron chi connectivity index (χ3n) is 4.21. The second-order valence-corrected chi connectivity index (χ2v) is 5.69. The van der Waals surface area contributed by atoms with Crippen LogP contribution in [0, 0.1) is 5.92 Å². The summed E-state index contributed by atoms with van der Waals surface area (Å²) < 4.78 is 10.5. The molecule has 0 saturated carbocycles. The number of ether oxygens (including phenoxy) is 2. The van der Waals surface area contributed by atoms with Crippen molar-refractivity contribution in [3.8, 4) is 11.5 Å². The highest BCUT2D eigenvalue weighted by Crippen LogP contribution is 2.24. The molecular formula is C17H27ClN2O3. The zero-order valence-corrected chi connectivity index (χ0v) is 14.7. The maximum absolute atomic E-state index is 12.0. The van der Waals surface area contributed by atoms with E-state index in [1.165, 1.54) is 12.8 Å². The van der Waals surface area contributed by atoms with Crippen LogP contribution in [0.1, 0.15) is 31.2 Å². The van der Waals surface area contributed by atoms with Crippen LogP contribution >= 0.6 is 12.4 Å². The van der Waals surface area contributed by atoms with Gasteiger partial charge >= 0.3 is 0 Å². The maximum Gasteiger partial charge on any atom is 0.220 e. The molecule has 1 heterocycles. The molecule has 1 saturated heterocycles. The molecule has 2 rings (SSSR count). The summed E-state index contributed by atoms with van der Waals surface area (Å²) >= 11 is 0. The predicted molar refractivity (Wildman–Crippen MR) is 93.5 cm³/mol. The number of carbonyl (C=O) groups excluding carboxylic acids is 1. The van der Waals surface area contributed by atoms with Gasteiger partial charge in [0.1, 0.15) is 11.5 Å². The molecule has 1 fully saturated rings. The van der Waals surface area contributed by atoms with Crippen molar-refractivity contribution in [2.24, 2.45) is 5.92 Å². The minimum Gasteiger partial charge on any atom is -0.497 e. The molecule has 1 aliphatic rings. The number of rotatable bonds is 7. The number of methoxy groups -OCH3 is 2. The highest BCUT2D eigenvalue weighted by Gasteiger charge is 2.14. The van der Waals surface area contributed by atoms with Gasteiger partial charge in [-0.25, -0.2) is 0 Å². The van der Waals surface area contributed by atoms with Gasteiger partial charge in [0.15, 0.2) is 0 Å². The molecule has 0 aliphatic carbocycles. The first-order valence-electron chi connectivity index (χ1n) is 7.91. The fourth-order valence-corrected chi connectivity index (χ4v) is 2.79. The first kappa shape index (κ1) is 19.6. The SMILES string of the molecule is COc1ccc(CNC(=O)CCC2CCNCC2)c(OC)c1.Cl. The third kappa shape index (κ3) is 6.28. The van der Waals surface area contributed by atoms with E-state index >= 15 is 0 Å². The van der Waals surface area contributed by atoms with Crippen LogP contribution in [0.25, 0.3) is 0 Å². The van der Waals surface area contributed by atoms with E-state index in [2.05, 4.69) is 10.6 Å².